The molecule has 0 aliphatic heterocycles. The average molecular weight is 422 g/mol. The number of halogens is 1. The number of benzene rings is 2. The minimum absolute atomic E-state index is 0.0426. The summed E-state index contributed by atoms with van der Waals surface area (Å²) in [6.45, 7) is 4.14. The van der Waals surface area contributed by atoms with E-state index in [0.29, 0.717) is 6.54 Å². The molecule has 0 saturated heterocycles. The van der Waals surface area contributed by atoms with E-state index in [9.17, 15) is 13.2 Å². The molecule has 0 bridgehead atoms. The fraction of sp³-hybridized carbons (Fsp3) is 0.250. The molecule has 0 aliphatic rings. The number of likely N-dealkylation sites (N-methyl/N-ethyl adjacent to an activating group) is 1. The standard InChI is InChI=1S/C20H24ClN3O3S/c1-4-12-22-28(26,27)19-13-16(10-11-17(19)21)20(25)23-18(14-24(2)3)15-8-6-5-7-9-15/h4-11,13,18,22H,1,12,14H2,2-3H3,(H,23,25)/t18-/m1/s1. The molecule has 0 aliphatic carbocycles. The van der Waals surface area contributed by atoms with Crippen molar-refractivity contribution in [3.05, 3.63) is 77.3 Å². The molecule has 2 N–H and O–H groups in total. The van der Waals surface area contributed by atoms with Gasteiger partial charge in [-0.2, -0.15) is 0 Å². The summed E-state index contributed by atoms with van der Waals surface area (Å²) in [5.41, 5.74) is 1.17. The highest BCUT2D eigenvalue weighted by molar-refractivity contribution is 7.89. The molecule has 0 radical (unpaired) electrons. The first kappa shape index (κ1) is 22.1. The van der Waals surface area contributed by atoms with Crippen molar-refractivity contribution in [2.45, 2.75) is 10.9 Å². The summed E-state index contributed by atoms with van der Waals surface area (Å²) in [6, 6.07) is 13.5. The van der Waals surface area contributed by atoms with Gasteiger partial charge in [-0.1, -0.05) is 48.0 Å². The molecular weight excluding hydrogens is 398 g/mol. The molecule has 0 saturated carbocycles. The van der Waals surface area contributed by atoms with Gasteiger partial charge in [0, 0.05) is 18.7 Å². The third kappa shape index (κ3) is 5.90. The number of nitrogens with zero attached hydrogens (tertiary/aromatic N) is 1. The van der Waals surface area contributed by atoms with Crippen molar-refractivity contribution in [3.8, 4) is 0 Å². The van der Waals surface area contributed by atoms with Crippen LogP contribution in [-0.4, -0.2) is 46.4 Å². The van der Waals surface area contributed by atoms with E-state index in [4.69, 9.17) is 11.6 Å². The van der Waals surface area contributed by atoms with Gasteiger partial charge >= 0.3 is 0 Å². The highest BCUT2D eigenvalue weighted by Crippen LogP contribution is 2.23. The number of rotatable bonds is 9. The van der Waals surface area contributed by atoms with E-state index in [2.05, 4.69) is 16.6 Å². The van der Waals surface area contributed by atoms with Crippen molar-refractivity contribution < 1.29 is 13.2 Å². The lowest BCUT2D eigenvalue weighted by atomic mass is 10.1. The smallest absolute Gasteiger partial charge is 0.251 e. The van der Waals surface area contributed by atoms with E-state index in [1.165, 1.54) is 24.3 Å². The zero-order valence-electron chi connectivity index (χ0n) is 15.9. The molecular formula is C20H24ClN3O3S. The fourth-order valence-electron chi connectivity index (χ4n) is 2.62. The first-order valence-electron chi connectivity index (χ1n) is 8.65. The molecule has 2 rings (SSSR count). The number of amides is 1. The lowest BCUT2D eigenvalue weighted by Crippen LogP contribution is -2.35. The van der Waals surface area contributed by atoms with E-state index in [-0.39, 0.29) is 34.0 Å². The molecule has 0 unspecified atom stereocenters. The maximum Gasteiger partial charge on any atom is 0.251 e. The van der Waals surface area contributed by atoms with Crippen molar-refractivity contribution in [3.63, 3.8) is 0 Å². The fourth-order valence-corrected chi connectivity index (χ4v) is 4.15. The van der Waals surface area contributed by atoms with Crippen LogP contribution in [0.2, 0.25) is 5.02 Å². The molecule has 0 heterocycles. The predicted molar refractivity (Wildman–Crippen MR) is 112 cm³/mol. The zero-order valence-corrected chi connectivity index (χ0v) is 17.4. The predicted octanol–water partition coefficient (Wildman–Crippen LogP) is 2.84. The van der Waals surface area contributed by atoms with Crippen LogP contribution in [0.5, 0.6) is 0 Å². The summed E-state index contributed by atoms with van der Waals surface area (Å²) in [7, 11) is -0.0162. The molecule has 8 heteroatoms. The van der Waals surface area contributed by atoms with Gasteiger partial charge in [-0.3, -0.25) is 4.79 Å². The van der Waals surface area contributed by atoms with Gasteiger partial charge in [-0.05, 0) is 37.9 Å². The Morgan fingerprint density at radius 2 is 1.89 bits per heavy atom. The topological polar surface area (TPSA) is 78.5 Å². The quantitative estimate of drug-likeness (QED) is 0.610. The van der Waals surface area contributed by atoms with E-state index >= 15 is 0 Å². The van der Waals surface area contributed by atoms with Crippen molar-refractivity contribution in [1.29, 1.82) is 0 Å². The van der Waals surface area contributed by atoms with Crippen molar-refractivity contribution >= 4 is 27.5 Å². The average Bonchev–Trinajstić information content (AvgIpc) is 2.66. The Kier molecular flexibility index (Phi) is 7.77. The molecule has 1 atom stereocenters. The first-order chi connectivity index (χ1) is 13.2. The highest BCUT2D eigenvalue weighted by atomic mass is 35.5. The van der Waals surface area contributed by atoms with E-state index in [1.807, 2.05) is 49.3 Å². The van der Waals surface area contributed by atoms with E-state index < -0.39 is 10.0 Å². The van der Waals surface area contributed by atoms with Gasteiger partial charge in [-0.25, -0.2) is 13.1 Å². The SMILES string of the molecule is C=CCNS(=O)(=O)c1cc(C(=O)N[C@H](CN(C)C)c2ccccc2)ccc1Cl. The molecule has 0 fully saturated rings. The van der Waals surface area contributed by atoms with Crippen LogP contribution in [0.15, 0.2) is 66.1 Å². The molecule has 2 aromatic carbocycles. The second-order valence-electron chi connectivity index (χ2n) is 6.48. The summed E-state index contributed by atoms with van der Waals surface area (Å²) >= 11 is 6.05. The highest BCUT2D eigenvalue weighted by Gasteiger charge is 2.21. The number of carbonyl (C=O) groups excluding carboxylic acids is 1. The maximum atomic E-state index is 12.8. The number of sulfonamides is 1. The van der Waals surface area contributed by atoms with Crippen LogP contribution in [0.4, 0.5) is 0 Å². The lowest BCUT2D eigenvalue weighted by molar-refractivity contribution is 0.0929. The minimum atomic E-state index is -3.85. The Morgan fingerprint density at radius 3 is 2.50 bits per heavy atom. The van der Waals surface area contributed by atoms with Gasteiger partial charge in [0.1, 0.15) is 4.90 Å². The number of carbonyl (C=O) groups is 1. The summed E-state index contributed by atoms with van der Waals surface area (Å²) in [5, 5.41) is 3.01. The van der Waals surface area contributed by atoms with Crippen LogP contribution in [0.25, 0.3) is 0 Å². The third-order valence-electron chi connectivity index (χ3n) is 3.96. The number of nitrogens with one attached hydrogen (secondary N) is 2. The maximum absolute atomic E-state index is 12.8. The monoisotopic (exact) mass is 421 g/mol. The molecule has 150 valence electrons. The van der Waals surface area contributed by atoms with Gasteiger partial charge in [0.15, 0.2) is 0 Å². The van der Waals surface area contributed by atoms with Crippen LogP contribution >= 0.6 is 11.6 Å². The Labute approximate surface area is 171 Å². The van der Waals surface area contributed by atoms with Crippen LogP contribution in [0.3, 0.4) is 0 Å². The van der Waals surface area contributed by atoms with Gasteiger partial charge in [0.2, 0.25) is 10.0 Å². The zero-order chi connectivity index (χ0) is 20.7. The van der Waals surface area contributed by atoms with Crippen LogP contribution in [-0.2, 0) is 10.0 Å². The molecule has 0 spiro atoms. The van der Waals surface area contributed by atoms with E-state index in [1.54, 1.807) is 0 Å². The molecule has 0 aromatic heterocycles. The molecule has 1 amide bonds. The Hall–Kier alpha value is -2.19. The van der Waals surface area contributed by atoms with Gasteiger partial charge in [0.25, 0.3) is 5.91 Å². The number of hydrogen-bond acceptors (Lipinski definition) is 4. The minimum Gasteiger partial charge on any atom is -0.344 e. The first-order valence-corrected chi connectivity index (χ1v) is 10.5. The second-order valence-corrected chi connectivity index (χ2v) is 8.63. The van der Waals surface area contributed by atoms with Crippen molar-refractivity contribution in [1.82, 2.24) is 14.9 Å². The van der Waals surface area contributed by atoms with Crippen molar-refractivity contribution in [2.24, 2.45) is 0 Å². The molecule has 6 nitrogen and oxygen atoms in total. The Bertz CT molecular complexity index is 931. The van der Waals surface area contributed by atoms with Crippen LogP contribution < -0.4 is 10.0 Å². The second kappa shape index (κ2) is 9.84. The molecule has 2 aromatic rings. The summed E-state index contributed by atoms with van der Waals surface area (Å²) in [5.74, 6) is -0.382. The van der Waals surface area contributed by atoms with Gasteiger partial charge in [0.05, 0.1) is 11.1 Å². The van der Waals surface area contributed by atoms with E-state index in [0.717, 1.165) is 5.56 Å². The number of hydrogen-bond donors (Lipinski definition) is 2. The lowest BCUT2D eigenvalue weighted by Gasteiger charge is -2.23. The largest absolute Gasteiger partial charge is 0.344 e. The summed E-state index contributed by atoms with van der Waals surface area (Å²) in [4.78, 5) is 14.6. The van der Waals surface area contributed by atoms with Gasteiger partial charge in [-0.15, -0.1) is 6.58 Å². The molecule has 28 heavy (non-hydrogen) atoms. The van der Waals surface area contributed by atoms with Crippen LogP contribution in [0, 0.1) is 0 Å². The Balaban J connectivity index is 2.30. The third-order valence-corrected chi connectivity index (χ3v) is 5.86. The summed E-state index contributed by atoms with van der Waals surface area (Å²) < 4.78 is 27.1. The normalized spacial score (nSPS) is 12.6. The summed E-state index contributed by atoms with van der Waals surface area (Å²) in [6.07, 6.45) is 1.42. The Morgan fingerprint density at radius 1 is 1.21 bits per heavy atom. The van der Waals surface area contributed by atoms with Crippen molar-refractivity contribution in [2.75, 3.05) is 27.2 Å². The van der Waals surface area contributed by atoms with Gasteiger partial charge < -0.3 is 10.2 Å². The van der Waals surface area contributed by atoms with Crippen LogP contribution in [0.1, 0.15) is 22.0 Å².